The van der Waals surface area contributed by atoms with Crippen LogP contribution in [0.5, 0.6) is 0 Å². The third-order valence-corrected chi connectivity index (χ3v) is 3.45. The highest BCUT2D eigenvalue weighted by atomic mass is 16.5. The number of fused-ring (bicyclic) bond motifs is 1. The third-order valence-electron chi connectivity index (χ3n) is 3.45. The third kappa shape index (κ3) is 3.01. The van der Waals surface area contributed by atoms with Crippen molar-refractivity contribution >= 4 is 23.4 Å². The van der Waals surface area contributed by atoms with Gasteiger partial charge in [-0.2, -0.15) is 5.26 Å². The number of nitriles is 1. The van der Waals surface area contributed by atoms with E-state index in [-0.39, 0.29) is 6.10 Å². The first-order valence-corrected chi connectivity index (χ1v) is 6.73. The van der Waals surface area contributed by atoms with Crippen molar-refractivity contribution in [1.29, 1.82) is 5.26 Å². The molecule has 0 N–H and O–H groups in total. The van der Waals surface area contributed by atoms with Crippen LogP contribution in [-0.4, -0.2) is 37.6 Å². The number of hydrogen-bond acceptors (Lipinski definition) is 5. The van der Waals surface area contributed by atoms with E-state index in [0.29, 0.717) is 5.56 Å². The van der Waals surface area contributed by atoms with Crippen molar-refractivity contribution < 1.29 is 9.53 Å². The van der Waals surface area contributed by atoms with E-state index in [4.69, 9.17) is 14.8 Å². The summed E-state index contributed by atoms with van der Waals surface area (Å²) in [4.78, 5) is 14.7. The Balaban J connectivity index is 0.000000774. The lowest BCUT2D eigenvalue weighted by molar-refractivity contribution is -0.0979. The number of pyridine rings is 1. The molecule has 1 aromatic carbocycles. The summed E-state index contributed by atoms with van der Waals surface area (Å²) >= 11 is 0. The van der Waals surface area contributed by atoms with Crippen molar-refractivity contribution in [3.63, 3.8) is 0 Å². The predicted octanol–water partition coefficient (Wildman–Crippen LogP) is 2.15. The van der Waals surface area contributed by atoms with Gasteiger partial charge in [0, 0.05) is 30.4 Å². The van der Waals surface area contributed by atoms with Gasteiger partial charge in [0.1, 0.15) is 12.9 Å². The molecule has 0 aliphatic carbocycles. The number of carbonyl (C=O) groups is 1. The predicted molar refractivity (Wildman–Crippen MR) is 81.2 cm³/mol. The summed E-state index contributed by atoms with van der Waals surface area (Å²) in [5, 5.41) is 10.2. The molecule has 1 fully saturated rings. The summed E-state index contributed by atoms with van der Waals surface area (Å²) in [6.07, 6.45) is 1.96. The monoisotopic (exact) mass is 283 g/mol. The molecule has 5 heteroatoms. The molecule has 5 nitrogen and oxygen atoms in total. The maximum atomic E-state index is 9.16. The number of aromatic nitrogens is 1. The lowest BCUT2D eigenvalue weighted by Gasteiger charge is -2.33. The first kappa shape index (κ1) is 14.9. The van der Waals surface area contributed by atoms with Crippen LogP contribution in [-0.2, 0) is 9.53 Å². The Kier molecular flexibility index (Phi) is 4.85. The average Bonchev–Trinajstić information content (AvgIpc) is 2.55. The zero-order valence-corrected chi connectivity index (χ0v) is 12.0. The van der Waals surface area contributed by atoms with Crippen molar-refractivity contribution in [2.24, 2.45) is 0 Å². The van der Waals surface area contributed by atoms with E-state index in [0.717, 1.165) is 36.3 Å². The topological polar surface area (TPSA) is 66.2 Å². The van der Waals surface area contributed by atoms with E-state index in [1.165, 1.54) is 0 Å². The summed E-state index contributed by atoms with van der Waals surface area (Å²) in [5.74, 6) is 0. The average molecular weight is 283 g/mol. The zero-order chi connectivity index (χ0) is 15.2. The molecule has 0 spiro atoms. The number of hydrogen-bond donors (Lipinski definition) is 0. The standard InChI is InChI=1S/C15H15N3O.CH2O/c1-11-10-18(7-8-19-11)14-5-4-12(9-16)15-13(14)3-2-6-17-15;1-2/h2-6,11H,7-8,10H2,1H3;1H2. The van der Waals surface area contributed by atoms with Crippen molar-refractivity contribution in [3.05, 3.63) is 36.0 Å². The maximum absolute atomic E-state index is 9.16. The first-order chi connectivity index (χ1) is 10.3. The molecule has 21 heavy (non-hydrogen) atoms. The van der Waals surface area contributed by atoms with E-state index in [1.807, 2.05) is 31.1 Å². The van der Waals surface area contributed by atoms with Crippen molar-refractivity contribution in [2.75, 3.05) is 24.6 Å². The van der Waals surface area contributed by atoms with E-state index in [9.17, 15) is 0 Å². The molecule has 1 aliphatic rings. The van der Waals surface area contributed by atoms with Gasteiger partial charge in [-0.05, 0) is 31.2 Å². The Labute approximate surface area is 123 Å². The smallest absolute Gasteiger partial charge is 0.106 e. The van der Waals surface area contributed by atoms with Gasteiger partial charge in [0.25, 0.3) is 0 Å². The summed E-state index contributed by atoms with van der Waals surface area (Å²) in [6.45, 7) is 6.56. The number of nitrogens with zero attached hydrogens (tertiary/aromatic N) is 3. The highest BCUT2D eigenvalue weighted by molar-refractivity contribution is 5.95. The number of anilines is 1. The van der Waals surface area contributed by atoms with Crippen LogP contribution >= 0.6 is 0 Å². The number of ether oxygens (including phenoxy) is 1. The van der Waals surface area contributed by atoms with Crippen LogP contribution in [0.2, 0.25) is 0 Å². The number of rotatable bonds is 1. The number of morpholine rings is 1. The van der Waals surface area contributed by atoms with Gasteiger partial charge in [0.05, 0.1) is 23.8 Å². The molecule has 1 atom stereocenters. The normalized spacial score (nSPS) is 17.7. The van der Waals surface area contributed by atoms with Crippen LogP contribution in [0.25, 0.3) is 10.9 Å². The summed E-state index contributed by atoms with van der Waals surface area (Å²) in [7, 11) is 0. The fraction of sp³-hybridized carbons (Fsp3) is 0.312. The van der Waals surface area contributed by atoms with E-state index in [1.54, 1.807) is 6.20 Å². The van der Waals surface area contributed by atoms with Gasteiger partial charge in [0.15, 0.2) is 0 Å². The second-order valence-corrected chi connectivity index (χ2v) is 4.77. The second kappa shape index (κ2) is 6.82. The minimum atomic E-state index is 0.233. The number of benzene rings is 1. The summed E-state index contributed by atoms with van der Waals surface area (Å²) in [6, 6.07) is 10.0. The molecule has 108 valence electrons. The van der Waals surface area contributed by atoms with Gasteiger partial charge in [-0.1, -0.05) is 0 Å². The van der Waals surface area contributed by atoms with Gasteiger partial charge < -0.3 is 14.4 Å². The number of carbonyl (C=O) groups excluding carboxylic acids is 1. The fourth-order valence-corrected chi connectivity index (χ4v) is 2.56. The van der Waals surface area contributed by atoms with E-state index < -0.39 is 0 Å². The van der Waals surface area contributed by atoms with Crippen LogP contribution in [0, 0.1) is 11.3 Å². The molecule has 0 bridgehead atoms. The van der Waals surface area contributed by atoms with Crippen LogP contribution < -0.4 is 4.90 Å². The lowest BCUT2D eigenvalue weighted by atomic mass is 10.1. The van der Waals surface area contributed by atoms with Crippen LogP contribution in [0.1, 0.15) is 12.5 Å². The molecule has 2 aromatic rings. The quantitative estimate of drug-likeness (QED) is 0.802. The Morgan fingerprint density at radius 2 is 2.24 bits per heavy atom. The fourth-order valence-electron chi connectivity index (χ4n) is 2.56. The molecule has 0 saturated carbocycles. The highest BCUT2D eigenvalue weighted by Gasteiger charge is 2.19. The van der Waals surface area contributed by atoms with E-state index >= 15 is 0 Å². The van der Waals surface area contributed by atoms with Crippen LogP contribution in [0.15, 0.2) is 30.5 Å². The Morgan fingerprint density at radius 3 is 2.95 bits per heavy atom. The highest BCUT2D eigenvalue weighted by Crippen LogP contribution is 2.29. The summed E-state index contributed by atoms with van der Waals surface area (Å²) < 4.78 is 5.58. The second-order valence-electron chi connectivity index (χ2n) is 4.77. The molecule has 0 amide bonds. The molecule has 3 rings (SSSR count). The molecular weight excluding hydrogens is 266 g/mol. The molecule has 1 aliphatic heterocycles. The molecule has 1 saturated heterocycles. The largest absolute Gasteiger partial charge is 0.375 e. The summed E-state index contributed by atoms with van der Waals surface area (Å²) in [5.41, 5.74) is 2.54. The van der Waals surface area contributed by atoms with Crippen molar-refractivity contribution in [1.82, 2.24) is 4.98 Å². The van der Waals surface area contributed by atoms with Crippen LogP contribution in [0.4, 0.5) is 5.69 Å². The lowest BCUT2D eigenvalue weighted by Crippen LogP contribution is -2.41. The Hall–Kier alpha value is -2.45. The maximum Gasteiger partial charge on any atom is 0.106 e. The molecular formula is C16H17N3O2. The molecule has 1 unspecified atom stereocenters. The van der Waals surface area contributed by atoms with E-state index in [2.05, 4.69) is 22.9 Å². The van der Waals surface area contributed by atoms with Crippen molar-refractivity contribution in [2.45, 2.75) is 13.0 Å². The SMILES string of the molecule is C=O.CC1CN(c2ccc(C#N)c3ncccc23)CCO1. The molecule has 0 radical (unpaired) electrons. The van der Waals surface area contributed by atoms with Crippen molar-refractivity contribution in [3.8, 4) is 6.07 Å². The van der Waals surface area contributed by atoms with Gasteiger partial charge in [-0.3, -0.25) is 4.98 Å². The van der Waals surface area contributed by atoms with Gasteiger partial charge in [0.2, 0.25) is 0 Å². The first-order valence-electron chi connectivity index (χ1n) is 6.73. The van der Waals surface area contributed by atoms with Gasteiger partial charge >= 0.3 is 0 Å². The zero-order valence-electron chi connectivity index (χ0n) is 12.0. The minimum absolute atomic E-state index is 0.233. The minimum Gasteiger partial charge on any atom is -0.375 e. The molecule has 1 aromatic heterocycles. The Morgan fingerprint density at radius 1 is 1.43 bits per heavy atom. The Bertz CT molecular complexity index is 666. The van der Waals surface area contributed by atoms with Gasteiger partial charge in [-0.15, -0.1) is 0 Å². The molecule has 2 heterocycles. The van der Waals surface area contributed by atoms with Crippen LogP contribution in [0.3, 0.4) is 0 Å². The van der Waals surface area contributed by atoms with Gasteiger partial charge in [-0.25, -0.2) is 0 Å².